The van der Waals surface area contributed by atoms with Crippen LogP contribution >= 0.6 is 0 Å². The molecule has 10 nitrogen and oxygen atoms in total. The Morgan fingerprint density at radius 3 is 2.71 bits per heavy atom. The second-order valence-corrected chi connectivity index (χ2v) is 8.30. The van der Waals surface area contributed by atoms with E-state index >= 15 is 0 Å². The molecule has 0 aromatic carbocycles. The summed E-state index contributed by atoms with van der Waals surface area (Å²) >= 11 is 0. The van der Waals surface area contributed by atoms with Gasteiger partial charge in [0.2, 0.25) is 11.8 Å². The number of pyridine rings is 1. The topological polar surface area (TPSA) is 138 Å². The van der Waals surface area contributed by atoms with Crippen LogP contribution in [-0.2, 0) is 4.74 Å². The first kappa shape index (κ1) is 22.8. The van der Waals surface area contributed by atoms with Gasteiger partial charge in [-0.15, -0.1) is 0 Å². The quantitative estimate of drug-likeness (QED) is 0.380. The molecule has 0 unspecified atom stereocenters. The monoisotopic (exact) mass is 483 g/mol. The molecule has 1 amide bonds. The summed E-state index contributed by atoms with van der Waals surface area (Å²) in [4.78, 5) is 20.3. The summed E-state index contributed by atoms with van der Waals surface area (Å²) in [5, 5.41) is 11.1. The molecule has 0 bridgehead atoms. The van der Waals surface area contributed by atoms with Gasteiger partial charge in [0.15, 0.2) is 11.5 Å². The number of amides is 1. The van der Waals surface area contributed by atoms with Crippen LogP contribution in [0.5, 0.6) is 0 Å². The third kappa shape index (κ3) is 4.56. The highest BCUT2D eigenvalue weighted by molar-refractivity contribution is 5.98. The van der Waals surface area contributed by atoms with Crippen LogP contribution in [0, 0.1) is 11.8 Å². The van der Waals surface area contributed by atoms with Gasteiger partial charge in [0.05, 0.1) is 35.2 Å². The van der Waals surface area contributed by atoms with Crippen LogP contribution in [0.25, 0.3) is 34.2 Å². The molecule has 3 N–H and O–H groups in total. The molecule has 0 atom stereocenters. The van der Waals surface area contributed by atoms with E-state index in [1.165, 1.54) is 6.20 Å². The van der Waals surface area contributed by atoms with Gasteiger partial charge in [-0.25, -0.2) is 14.4 Å². The largest absolute Gasteiger partial charge is 0.435 e. The summed E-state index contributed by atoms with van der Waals surface area (Å²) in [6.07, 6.45) is 8.21. The molecule has 0 aliphatic heterocycles. The van der Waals surface area contributed by atoms with Crippen molar-refractivity contribution in [1.29, 1.82) is 0 Å². The van der Waals surface area contributed by atoms with E-state index in [0.29, 0.717) is 23.8 Å². The first-order chi connectivity index (χ1) is 16.9. The Morgan fingerprint density at radius 2 is 2.06 bits per heavy atom. The van der Waals surface area contributed by atoms with Crippen molar-refractivity contribution in [3.05, 3.63) is 48.2 Å². The minimum Gasteiger partial charge on any atom is -0.435 e. The first-order valence-corrected chi connectivity index (χ1v) is 11.3. The number of halogens is 2. The van der Waals surface area contributed by atoms with Crippen molar-refractivity contribution < 1.29 is 22.7 Å². The summed E-state index contributed by atoms with van der Waals surface area (Å²) in [5.41, 5.74) is 6.34. The lowest BCUT2D eigenvalue weighted by molar-refractivity contribution is 0.0260. The number of nitrogens with two attached hydrogens (primary N) is 1. The number of H-pyrrole nitrogens is 1. The normalized spacial score (nSPS) is 18.1. The molecule has 1 aliphatic rings. The lowest BCUT2D eigenvalue weighted by Crippen LogP contribution is -2.24. The Balaban J connectivity index is 1.62. The molecular formula is C23H23F2N7O3. The lowest BCUT2D eigenvalue weighted by Gasteiger charge is -2.28. The zero-order valence-corrected chi connectivity index (χ0v) is 18.9. The number of carbonyl (C=O) groups excluding carboxylic acids is 1. The van der Waals surface area contributed by atoms with E-state index in [1.54, 1.807) is 17.1 Å². The molecular weight excluding hydrogens is 460 g/mol. The molecule has 12 heteroatoms. The van der Waals surface area contributed by atoms with Crippen molar-refractivity contribution in [2.45, 2.75) is 44.8 Å². The Morgan fingerprint density at radius 1 is 1.26 bits per heavy atom. The summed E-state index contributed by atoms with van der Waals surface area (Å²) < 4.78 is 41.5. The Bertz CT molecular complexity index is 1320. The van der Waals surface area contributed by atoms with E-state index in [-0.39, 0.29) is 40.9 Å². The number of primary amides is 1. The van der Waals surface area contributed by atoms with Crippen LogP contribution in [0.3, 0.4) is 0 Å². The maximum atomic E-state index is 14.1. The van der Waals surface area contributed by atoms with Crippen LogP contribution in [0.2, 0.25) is 0 Å². The molecule has 4 heterocycles. The number of hydrogen-bond acceptors (Lipinski definition) is 7. The van der Waals surface area contributed by atoms with Gasteiger partial charge in [0.25, 0.3) is 5.91 Å². The van der Waals surface area contributed by atoms with E-state index in [9.17, 15) is 13.6 Å². The van der Waals surface area contributed by atoms with Crippen molar-refractivity contribution in [3.8, 4) is 34.2 Å². The molecule has 4 aromatic heterocycles. The predicted octanol–water partition coefficient (Wildman–Crippen LogP) is 3.89. The Labute approximate surface area is 198 Å². The predicted molar refractivity (Wildman–Crippen MR) is 120 cm³/mol. The number of aromatic amines is 1. The van der Waals surface area contributed by atoms with E-state index in [4.69, 9.17) is 14.9 Å². The van der Waals surface area contributed by atoms with Gasteiger partial charge in [-0.05, 0) is 32.6 Å². The van der Waals surface area contributed by atoms with E-state index in [1.807, 2.05) is 6.92 Å². The summed E-state index contributed by atoms with van der Waals surface area (Å²) in [5.74, 6) is -2.49. The average molecular weight is 483 g/mol. The first-order valence-electron chi connectivity index (χ1n) is 11.3. The number of aromatic nitrogens is 6. The van der Waals surface area contributed by atoms with Crippen molar-refractivity contribution in [2.75, 3.05) is 6.61 Å². The van der Waals surface area contributed by atoms with Gasteiger partial charge in [0, 0.05) is 31.1 Å². The fourth-order valence-corrected chi connectivity index (χ4v) is 4.39. The second-order valence-electron chi connectivity index (χ2n) is 8.30. The molecule has 0 saturated heterocycles. The molecule has 1 aliphatic carbocycles. The number of rotatable bonds is 7. The van der Waals surface area contributed by atoms with Crippen LogP contribution in [0.15, 0.2) is 35.1 Å². The molecule has 1 fully saturated rings. The molecule has 182 valence electrons. The Hall–Kier alpha value is -3.93. The minimum atomic E-state index is -0.996. The number of nitrogens with one attached hydrogen (secondary N) is 1. The zero-order chi connectivity index (χ0) is 24.5. The van der Waals surface area contributed by atoms with Gasteiger partial charge >= 0.3 is 0 Å². The number of hydrogen-bond donors (Lipinski definition) is 2. The Kier molecular flexibility index (Phi) is 6.12. The van der Waals surface area contributed by atoms with Crippen molar-refractivity contribution in [3.63, 3.8) is 0 Å². The standard InChI is InChI=1S/C23H23F2N7O3/c1-2-34-15-5-3-14(4-6-15)32-11-16(19(31-32)17-7-13(24)8-18(25)29-17)21-20(22(26)33)30-23(35-21)12-9-27-28-10-12/h7-11,14-15H,2-6H2,1H3,(H2,26,33)(H,27,28). The number of ether oxygens (including phenoxy) is 1. The molecule has 35 heavy (non-hydrogen) atoms. The fraction of sp³-hybridized carbons (Fsp3) is 0.348. The molecule has 1 saturated carbocycles. The third-order valence-electron chi connectivity index (χ3n) is 6.00. The minimum absolute atomic E-state index is 0.0194. The maximum Gasteiger partial charge on any atom is 0.271 e. The van der Waals surface area contributed by atoms with Crippen LogP contribution in [0.1, 0.15) is 49.1 Å². The molecule has 0 spiro atoms. The highest BCUT2D eigenvalue weighted by Gasteiger charge is 2.29. The summed E-state index contributed by atoms with van der Waals surface area (Å²) in [6, 6.07) is 1.77. The molecule has 4 aromatic rings. The van der Waals surface area contributed by atoms with Crippen LogP contribution in [-0.4, -0.2) is 48.6 Å². The number of carbonyl (C=O) groups is 1. The van der Waals surface area contributed by atoms with E-state index in [0.717, 1.165) is 31.7 Å². The number of oxazole rings is 1. The third-order valence-corrected chi connectivity index (χ3v) is 6.00. The smallest absolute Gasteiger partial charge is 0.271 e. The lowest BCUT2D eigenvalue weighted by atomic mass is 9.93. The van der Waals surface area contributed by atoms with Gasteiger partial charge in [-0.2, -0.15) is 14.6 Å². The zero-order valence-electron chi connectivity index (χ0n) is 18.9. The van der Waals surface area contributed by atoms with E-state index in [2.05, 4.69) is 25.3 Å². The van der Waals surface area contributed by atoms with Crippen molar-refractivity contribution in [2.24, 2.45) is 5.73 Å². The summed E-state index contributed by atoms with van der Waals surface area (Å²) in [6.45, 7) is 2.62. The average Bonchev–Trinajstić information content (AvgIpc) is 3.58. The van der Waals surface area contributed by atoms with Crippen molar-refractivity contribution in [1.82, 2.24) is 29.9 Å². The molecule has 5 rings (SSSR count). The van der Waals surface area contributed by atoms with Gasteiger partial charge < -0.3 is 14.9 Å². The SMILES string of the molecule is CCOC1CCC(n2cc(-c3oc(-c4cn[nH]c4)nc3C(N)=O)c(-c3cc(F)cc(F)n3)n2)CC1. The van der Waals surface area contributed by atoms with Gasteiger partial charge in [0.1, 0.15) is 11.5 Å². The highest BCUT2D eigenvalue weighted by atomic mass is 19.1. The second kappa shape index (κ2) is 9.37. The highest BCUT2D eigenvalue weighted by Crippen LogP contribution is 2.38. The van der Waals surface area contributed by atoms with Gasteiger partial charge in [-0.1, -0.05) is 0 Å². The van der Waals surface area contributed by atoms with Gasteiger partial charge in [-0.3, -0.25) is 14.6 Å². The summed E-state index contributed by atoms with van der Waals surface area (Å²) in [7, 11) is 0. The number of nitrogens with zero attached hydrogens (tertiary/aromatic N) is 5. The van der Waals surface area contributed by atoms with Crippen molar-refractivity contribution >= 4 is 5.91 Å². The fourth-order valence-electron chi connectivity index (χ4n) is 4.39. The molecule has 0 radical (unpaired) electrons. The van der Waals surface area contributed by atoms with Crippen LogP contribution < -0.4 is 5.73 Å². The van der Waals surface area contributed by atoms with E-state index < -0.39 is 17.7 Å². The maximum absolute atomic E-state index is 14.1. The van der Waals surface area contributed by atoms with Crippen LogP contribution in [0.4, 0.5) is 8.78 Å².